The maximum atomic E-state index is 11.3. The largest absolute Gasteiger partial charge is 0.462 e. The summed E-state index contributed by atoms with van der Waals surface area (Å²) in [6.45, 7) is 2.54. The highest BCUT2D eigenvalue weighted by Crippen LogP contribution is 1.99. The van der Waals surface area contributed by atoms with Crippen LogP contribution in [-0.4, -0.2) is 134 Å². The zero-order valence-electron chi connectivity index (χ0n) is 21.9. The lowest BCUT2D eigenvalue weighted by molar-refractivity contribution is -0.166. The van der Waals surface area contributed by atoms with Crippen LogP contribution in [0.2, 0.25) is 0 Å². The number of hydrogen-bond acceptors (Lipinski definition) is 16. The van der Waals surface area contributed by atoms with Gasteiger partial charge >= 0.3 is 29.8 Å². The Morgan fingerprint density at radius 3 is 1.34 bits per heavy atom. The standard InChI is InChI=1S/C12H20O9.C10H18O7/c1-8(14)19-5-11(21-9(2)15)6-20-12(17)7-18-4-10(16)3-13;1-7(12)16-6-10(17-8(2)13)5-15-4-9(14)3-11/h10-11,13,16H,3-7H2,1-2H3;9-11,14H,3-6H2,1-2H3. The van der Waals surface area contributed by atoms with Crippen molar-refractivity contribution in [3.8, 4) is 0 Å². The number of hydrogen-bond donors (Lipinski definition) is 4. The highest BCUT2D eigenvalue weighted by molar-refractivity contribution is 5.71. The molecule has 16 nitrogen and oxygen atoms in total. The predicted octanol–water partition coefficient (Wildman–Crippen LogP) is -2.75. The van der Waals surface area contributed by atoms with Crippen LogP contribution in [0.5, 0.6) is 0 Å². The molecule has 0 aliphatic rings. The summed E-state index contributed by atoms with van der Waals surface area (Å²) < 4.78 is 33.5. The molecule has 38 heavy (non-hydrogen) atoms. The van der Waals surface area contributed by atoms with Crippen molar-refractivity contribution in [2.24, 2.45) is 0 Å². The Hall–Kier alpha value is -2.89. The third-order valence-corrected chi connectivity index (χ3v) is 3.61. The molecule has 0 rings (SSSR count). The minimum absolute atomic E-state index is 0.0239. The molecule has 0 aromatic heterocycles. The number of aliphatic hydroxyl groups is 4. The highest BCUT2D eigenvalue weighted by atomic mass is 16.6. The van der Waals surface area contributed by atoms with Crippen LogP contribution in [0.15, 0.2) is 0 Å². The molecule has 4 atom stereocenters. The second-order valence-corrected chi connectivity index (χ2v) is 7.48. The Bertz CT molecular complexity index is 697. The maximum absolute atomic E-state index is 11.3. The number of carbonyl (C=O) groups excluding carboxylic acids is 5. The first-order valence-corrected chi connectivity index (χ1v) is 11.3. The van der Waals surface area contributed by atoms with Crippen molar-refractivity contribution < 1.29 is 77.6 Å². The van der Waals surface area contributed by atoms with E-state index in [1.54, 1.807) is 0 Å². The van der Waals surface area contributed by atoms with E-state index in [2.05, 4.69) is 9.47 Å². The van der Waals surface area contributed by atoms with Crippen LogP contribution in [0, 0.1) is 0 Å². The summed E-state index contributed by atoms with van der Waals surface area (Å²) in [7, 11) is 0. The molecule has 0 aromatic rings. The molecular formula is C22H38O16. The van der Waals surface area contributed by atoms with Gasteiger partial charge in [0.2, 0.25) is 0 Å². The molecule has 16 heteroatoms. The Balaban J connectivity index is 0. The lowest BCUT2D eigenvalue weighted by Gasteiger charge is -2.17. The van der Waals surface area contributed by atoms with Gasteiger partial charge in [-0.3, -0.25) is 19.2 Å². The Labute approximate surface area is 219 Å². The minimum atomic E-state index is -1.07. The van der Waals surface area contributed by atoms with Crippen LogP contribution in [0.25, 0.3) is 0 Å². The molecule has 0 aliphatic carbocycles. The van der Waals surface area contributed by atoms with Crippen molar-refractivity contribution in [3.05, 3.63) is 0 Å². The van der Waals surface area contributed by atoms with Crippen molar-refractivity contribution in [3.63, 3.8) is 0 Å². The Morgan fingerprint density at radius 2 is 0.947 bits per heavy atom. The molecule has 222 valence electrons. The van der Waals surface area contributed by atoms with Crippen molar-refractivity contribution in [2.75, 3.05) is 59.5 Å². The third-order valence-electron chi connectivity index (χ3n) is 3.61. The van der Waals surface area contributed by atoms with Gasteiger partial charge in [-0.25, -0.2) is 4.79 Å². The number of carbonyl (C=O) groups is 5. The molecule has 0 saturated carbocycles. The zero-order chi connectivity index (χ0) is 29.5. The average Bonchev–Trinajstić information content (AvgIpc) is 2.83. The molecule has 0 bridgehead atoms. The molecule has 0 spiro atoms. The van der Waals surface area contributed by atoms with Gasteiger partial charge < -0.3 is 53.6 Å². The van der Waals surface area contributed by atoms with Gasteiger partial charge in [-0.15, -0.1) is 0 Å². The summed E-state index contributed by atoms with van der Waals surface area (Å²) in [5.41, 5.74) is 0. The summed E-state index contributed by atoms with van der Waals surface area (Å²) in [6.07, 6.45) is -3.68. The van der Waals surface area contributed by atoms with Crippen molar-refractivity contribution in [1.29, 1.82) is 0 Å². The van der Waals surface area contributed by atoms with E-state index in [1.807, 2.05) is 0 Å². The van der Waals surface area contributed by atoms with Gasteiger partial charge in [-0.2, -0.15) is 0 Å². The van der Waals surface area contributed by atoms with Gasteiger partial charge in [0.05, 0.1) is 33.0 Å². The van der Waals surface area contributed by atoms with Gasteiger partial charge in [0.25, 0.3) is 0 Å². The van der Waals surface area contributed by atoms with E-state index in [0.29, 0.717) is 0 Å². The monoisotopic (exact) mass is 558 g/mol. The average molecular weight is 559 g/mol. The summed E-state index contributed by atoms with van der Waals surface area (Å²) in [6, 6.07) is 0. The zero-order valence-corrected chi connectivity index (χ0v) is 21.9. The van der Waals surface area contributed by atoms with Crippen LogP contribution in [0.4, 0.5) is 0 Å². The molecule has 0 aromatic carbocycles. The lowest BCUT2D eigenvalue weighted by Crippen LogP contribution is -2.31. The van der Waals surface area contributed by atoms with Crippen molar-refractivity contribution in [1.82, 2.24) is 0 Å². The molecule has 4 unspecified atom stereocenters. The van der Waals surface area contributed by atoms with Gasteiger partial charge in [0, 0.05) is 27.7 Å². The molecule has 0 radical (unpaired) electrons. The first-order valence-electron chi connectivity index (χ1n) is 11.3. The smallest absolute Gasteiger partial charge is 0.332 e. The van der Waals surface area contributed by atoms with E-state index in [4.69, 9.17) is 44.1 Å². The topological polar surface area (TPSA) is 231 Å². The first-order chi connectivity index (χ1) is 17.8. The van der Waals surface area contributed by atoms with E-state index in [-0.39, 0.29) is 39.6 Å². The van der Waals surface area contributed by atoms with E-state index in [1.165, 1.54) is 27.7 Å². The van der Waals surface area contributed by atoms with Gasteiger partial charge in [0.1, 0.15) is 38.6 Å². The van der Waals surface area contributed by atoms with Gasteiger partial charge in [-0.1, -0.05) is 0 Å². The maximum Gasteiger partial charge on any atom is 0.332 e. The molecule has 0 saturated heterocycles. The minimum Gasteiger partial charge on any atom is -0.462 e. The third kappa shape index (κ3) is 26.2. The SMILES string of the molecule is CC(=O)OCC(COC(=O)COCC(O)CO)OC(C)=O.CC(=O)OCC(COCC(O)CO)OC(C)=O. The molecular weight excluding hydrogens is 520 g/mol. The molecule has 0 aliphatic heterocycles. The van der Waals surface area contributed by atoms with Crippen LogP contribution in [-0.2, 0) is 57.1 Å². The highest BCUT2D eigenvalue weighted by Gasteiger charge is 2.17. The number of aliphatic hydroxyl groups excluding tert-OH is 4. The molecule has 0 amide bonds. The van der Waals surface area contributed by atoms with Crippen LogP contribution in [0.3, 0.4) is 0 Å². The second kappa shape index (κ2) is 23.2. The molecule has 4 N–H and O–H groups in total. The fourth-order valence-electron chi connectivity index (χ4n) is 2.07. The number of ether oxygens (including phenoxy) is 7. The van der Waals surface area contributed by atoms with Crippen molar-refractivity contribution in [2.45, 2.75) is 52.1 Å². The fraction of sp³-hybridized carbons (Fsp3) is 0.773. The predicted molar refractivity (Wildman–Crippen MR) is 123 cm³/mol. The Morgan fingerprint density at radius 1 is 0.553 bits per heavy atom. The number of rotatable bonds is 18. The van der Waals surface area contributed by atoms with E-state index in [0.717, 1.165) is 0 Å². The van der Waals surface area contributed by atoms with E-state index < -0.39 is 74.1 Å². The second-order valence-electron chi connectivity index (χ2n) is 7.48. The number of esters is 5. The Kier molecular flexibility index (Phi) is 22.8. The van der Waals surface area contributed by atoms with Crippen LogP contribution in [0.1, 0.15) is 27.7 Å². The summed E-state index contributed by atoms with van der Waals surface area (Å²) in [4.78, 5) is 54.1. The summed E-state index contributed by atoms with van der Waals surface area (Å²) >= 11 is 0. The lowest BCUT2D eigenvalue weighted by atomic mass is 10.4. The fourth-order valence-corrected chi connectivity index (χ4v) is 2.07. The van der Waals surface area contributed by atoms with Crippen LogP contribution >= 0.6 is 0 Å². The quantitative estimate of drug-likeness (QED) is 0.0986. The van der Waals surface area contributed by atoms with E-state index in [9.17, 15) is 24.0 Å². The van der Waals surface area contributed by atoms with E-state index >= 15 is 0 Å². The van der Waals surface area contributed by atoms with Crippen LogP contribution < -0.4 is 0 Å². The molecule has 0 heterocycles. The first kappa shape index (κ1) is 37.3. The summed E-state index contributed by atoms with van der Waals surface area (Å²) in [5.74, 6) is -2.92. The van der Waals surface area contributed by atoms with Gasteiger partial charge in [-0.05, 0) is 0 Å². The normalized spacial score (nSPS) is 13.5. The summed E-state index contributed by atoms with van der Waals surface area (Å²) in [5, 5.41) is 35.0. The molecule has 0 fully saturated rings. The van der Waals surface area contributed by atoms with Crippen molar-refractivity contribution >= 4 is 29.8 Å². The van der Waals surface area contributed by atoms with Gasteiger partial charge in [0.15, 0.2) is 12.2 Å².